The topological polar surface area (TPSA) is 67.4 Å². The maximum absolute atomic E-state index is 13.0. The summed E-state index contributed by atoms with van der Waals surface area (Å²) in [6.45, 7) is 3.95. The molecule has 0 aromatic heterocycles. The second-order valence-electron chi connectivity index (χ2n) is 6.68. The molecular weight excluding hydrogens is 352 g/mol. The third-order valence-electron chi connectivity index (χ3n) is 4.72. The average Bonchev–Trinajstić information content (AvgIpc) is 2.72. The maximum atomic E-state index is 13.0. The van der Waals surface area contributed by atoms with Gasteiger partial charge in [-0.25, -0.2) is 0 Å². The quantitative estimate of drug-likeness (QED) is 0.659. The molecule has 1 atom stereocenters. The van der Waals surface area contributed by atoms with Crippen LogP contribution in [0.3, 0.4) is 0 Å². The van der Waals surface area contributed by atoms with Crippen molar-refractivity contribution in [1.29, 1.82) is 0 Å². The van der Waals surface area contributed by atoms with Gasteiger partial charge in [0.1, 0.15) is 5.75 Å². The van der Waals surface area contributed by atoms with Crippen molar-refractivity contribution in [3.05, 3.63) is 71.8 Å². The first-order chi connectivity index (χ1) is 13.5. The molecule has 1 unspecified atom stereocenters. The van der Waals surface area contributed by atoms with Crippen molar-refractivity contribution in [3.8, 4) is 5.75 Å². The first-order valence-corrected chi connectivity index (χ1v) is 9.31. The minimum Gasteiger partial charge on any atom is -0.496 e. The summed E-state index contributed by atoms with van der Waals surface area (Å²) in [5.41, 5.74) is 1.30. The Morgan fingerprint density at radius 2 is 1.57 bits per heavy atom. The predicted octanol–water partition coefficient (Wildman–Crippen LogP) is 4.63. The molecule has 5 heteroatoms. The van der Waals surface area contributed by atoms with Crippen LogP contribution in [-0.2, 0) is 0 Å². The number of benzene rings is 3. The number of nitrogens with one attached hydrogen (secondary N) is 2. The molecule has 0 bridgehead atoms. The van der Waals surface area contributed by atoms with Crippen LogP contribution in [0.15, 0.2) is 60.7 Å². The molecule has 0 aliphatic carbocycles. The maximum Gasteiger partial charge on any atom is 0.259 e. The fourth-order valence-electron chi connectivity index (χ4n) is 2.95. The molecular formula is C23H24N2O3. The summed E-state index contributed by atoms with van der Waals surface area (Å²) in [6.07, 6.45) is 0.828. The van der Waals surface area contributed by atoms with Crippen LogP contribution in [0.4, 0.5) is 5.69 Å². The van der Waals surface area contributed by atoms with Crippen LogP contribution in [0.25, 0.3) is 10.8 Å². The van der Waals surface area contributed by atoms with E-state index in [1.165, 1.54) is 7.11 Å². The highest BCUT2D eigenvalue weighted by atomic mass is 16.5. The van der Waals surface area contributed by atoms with Crippen molar-refractivity contribution in [2.45, 2.75) is 26.3 Å². The zero-order chi connectivity index (χ0) is 20.1. The standard InChI is InChI=1S/C23H24N2O3/c1-4-15(2)24-22(26)18-11-7-8-12-20(18)25-23(27)19-13-16-9-5-6-10-17(16)14-21(19)28-3/h5-15H,4H2,1-3H3,(H,24,26)(H,25,27). The van der Waals surface area contributed by atoms with E-state index in [0.717, 1.165) is 17.2 Å². The normalized spacial score (nSPS) is 11.7. The van der Waals surface area contributed by atoms with Gasteiger partial charge in [0.05, 0.1) is 23.9 Å². The number of ether oxygens (including phenoxy) is 1. The molecule has 0 heterocycles. The van der Waals surface area contributed by atoms with Crippen molar-refractivity contribution < 1.29 is 14.3 Å². The minimum atomic E-state index is -0.327. The lowest BCUT2D eigenvalue weighted by Gasteiger charge is -2.15. The number of fused-ring (bicyclic) bond motifs is 1. The summed E-state index contributed by atoms with van der Waals surface area (Å²) in [4.78, 5) is 25.5. The molecule has 144 valence electrons. The number of hydrogen-bond donors (Lipinski definition) is 2. The van der Waals surface area contributed by atoms with E-state index in [2.05, 4.69) is 10.6 Å². The Hall–Kier alpha value is -3.34. The Morgan fingerprint density at radius 1 is 0.929 bits per heavy atom. The number of carbonyl (C=O) groups excluding carboxylic acids is 2. The van der Waals surface area contributed by atoms with Crippen LogP contribution in [0.1, 0.15) is 41.0 Å². The van der Waals surface area contributed by atoms with Gasteiger partial charge in [0.25, 0.3) is 11.8 Å². The highest BCUT2D eigenvalue weighted by Gasteiger charge is 2.18. The van der Waals surface area contributed by atoms with E-state index in [4.69, 9.17) is 4.74 Å². The van der Waals surface area contributed by atoms with Gasteiger partial charge >= 0.3 is 0 Å². The highest BCUT2D eigenvalue weighted by molar-refractivity contribution is 6.11. The second-order valence-corrected chi connectivity index (χ2v) is 6.68. The van der Waals surface area contributed by atoms with Crippen molar-refractivity contribution in [1.82, 2.24) is 5.32 Å². The Kier molecular flexibility index (Phi) is 5.94. The summed E-state index contributed by atoms with van der Waals surface area (Å²) in [5.74, 6) is -0.0557. The van der Waals surface area contributed by atoms with Crippen molar-refractivity contribution in [2.24, 2.45) is 0 Å². The zero-order valence-corrected chi connectivity index (χ0v) is 16.3. The molecule has 2 N–H and O–H groups in total. The van der Waals surface area contributed by atoms with E-state index in [1.54, 1.807) is 30.3 Å². The molecule has 0 radical (unpaired) electrons. The second kappa shape index (κ2) is 8.57. The molecule has 0 spiro atoms. The monoisotopic (exact) mass is 376 g/mol. The van der Waals surface area contributed by atoms with Gasteiger partial charge in [-0.3, -0.25) is 9.59 Å². The summed E-state index contributed by atoms with van der Waals surface area (Å²) < 4.78 is 5.42. The minimum absolute atomic E-state index is 0.0526. The zero-order valence-electron chi connectivity index (χ0n) is 16.3. The van der Waals surface area contributed by atoms with Gasteiger partial charge in [0.2, 0.25) is 0 Å². The van der Waals surface area contributed by atoms with Crippen LogP contribution >= 0.6 is 0 Å². The van der Waals surface area contributed by atoms with Crippen molar-refractivity contribution in [3.63, 3.8) is 0 Å². The molecule has 3 aromatic rings. The summed E-state index contributed by atoms with van der Waals surface area (Å²) >= 11 is 0. The van der Waals surface area contributed by atoms with Crippen LogP contribution in [0.2, 0.25) is 0 Å². The lowest BCUT2D eigenvalue weighted by Crippen LogP contribution is -2.32. The van der Waals surface area contributed by atoms with E-state index in [0.29, 0.717) is 22.6 Å². The Morgan fingerprint density at radius 3 is 2.25 bits per heavy atom. The van der Waals surface area contributed by atoms with Crippen LogP contribution in [0.5, 0.6) is 5.75 Å². The predicted molar refractivity (Wildman–Crippen MR) is 112 cm³/mol. The van der Waals surface area contributed by atoms with Gasteiger partial charge < -0.3 is 15.4 Å². The Bertz CT molecular complexity index is 1010. The van der Waals surface area contributed by atoms with Gasteiger partial charge in [-0.05, 0) is 48.4 Å². The number of amides is 2. The number of anilines is 1. The van der Waals surface area contributed by atoms with Crippen LogP contribution < -0.4 is 15.4 Å². The van der Waals surface area contributed by atoms with Crippen molar-refractivity contribution >= 4 is 28.3 Å². The van der Waals surface area contributed by atoms with Gasteiger partial charge in [-0.15, -0.1) is 0 Å². The van der Waals surface area contributed by atoms with E-state index in [1.807, 2.05) is 44.2 Å². The van der Waals surface area contributed by atoms with E-state index in [-0.39, 0.29) is 17.9 Å². The van der Waals surface area contributed by atoms with Gasteiger partial charge in [-0.1, -0.05) is 43.3 Å². The van der Waals surface area contributed by atoms with Crippen LogP contribution in [-0.4, -0.2) is 25.0 Å². The molecule has 0 aliphatic heterocycles. The van der Waals surface area contributed by atoms with E-state index in [9.17, 15) is 9.59 Å². The first kappa shape index (κ1) is 19.4. The lowest BCUT2D eigenvalue weighted by atomic mass is 10.0. The number of methoxy groups -OCH3 is 1. The van der Waals surface area contributed by atoms with Crippen molar-refractivity contribution in [2.75, 3.05) is 12.4 Å². The van der Waals surface area contributed by atoms with Gasteiger partial charge in [-0.2, -0.15) is 0 Å². The average molecular weight is 376 g/mol. The summed E-state index contributed by atoms with van der Waals surface area (Å²) in [6, 6.07) is 18.4. The molecule has 5 nitrogen and oxygen atoms in total. The largest absolute Gasteiger partial charge is 0.496 e. The molecule has 0 aliphatic rings. The van der Waals surface area contributed by atoms with Gasteiger partial charge in [0, 0.05) is 6.04 Å². The number of carbonyl (C=O) groups is 2. The third-order valence-corrected chi connectivity index (χ3v) is 4.72. The van der Waals surface area contributed by atoms with Gasteiger partial charge in [0.15, 0.2) is 0 Å². The number of hydrogen-bond acceptors (Lipinski definition) is 3. The fraction of sp³-hybridized carbons (Fsp3) is 0.217. The van der Waals surface area contributed by atoms with E-state index >= 15 is 0 Å². The highest BCUT2D eigenvalue weighted by Crippen LogP contribution is 2.27. The molecule has 0 fully saturated rings. The first-order valence-electron chi connectivity index (χ1n) is 9.31. The molecule has 3 rings (SSSR count). The summed E-state index contributed by atoms with van der Waals surface area (Å²) in [5, 5.41) is 7.72. The fourth-order valence-corrected chi connectivity index (χ4v) is 2.95. The molecule has 2 amide bonds. The van der Waals surface area contributed by atoms with E-state index < -0.39 is 0 Å². The molecule has 28 heavy (non-hydrogen) atoms. The smallest absolute Gasteiger partial charge is 0.259 e. The Labute approximate surface area is 164 Å². The number of rotatable bonds is 6. The SMILES string of the molecule is CCC(C)NC(=O)c1ccccc1NC(=O)c1cc2ccccc2cc1OC. The number of para-hydroxylation sites is 1. The third kappa shape index (κ3) is 4.14. The summed E-state index contributed by atoms with van der Waals surface area (Å²) in [7, 11) is 1.54. The molecule has 3 aromatic carbocycles. The molecule has 0 saturated heterocycles. The molecule has 0 saturated carbocycles. The Balaban J connectivity index is 1.92. The van der Waals surface area contributed by atoms with Crippen LogP contribution in [0, 0.1) is 0 Å². The lowest BCUT2D eigenvalue weighted by molar-refractivity contribution is 0.0940.